The summed E-state index contributed by atoms with van der Waals surface area (Å²) in [6.45, 7) is 5.09. The van der Waals surface area contributed by atoms with Gasteiger partial charge in [0.05, 0.1) is 12.6 Å². The highest BCUT2D eigenvalue weighted by Crippen LogP contribution is 2.31. The van der Waals surface area contributed by atoms with E-state index in [1.165, 1.54) is 17.7 Å². The Balaban J connectivity index is 1.28. The van der Waals surface area contributed by atoms with Gasteiger partial charge in [-0.1, -0.05) is 18.2 Å². The quantitative estimate of drug-likeness (QED) is 0.589. The van der Waals surface area contributed by atoms with E-state index in [1.54, 1.807) is 7.11 Å². The van der Waals surface area contributed by atoms with E-state index >= 15 is 0 Å². The number of aromatic nitrogens is 2. The Hall–Kier alpha value is -3.06. The van der Waals surface area contributed by atoms with Crippen molar-refractivity contribution in [3.05, 3.63) is 48.0 Å². The first-order chi connectivity index (χ1) is 16.1. The molecule has 0 spiro atoms. The minimum atomic E-state index is 0.412. The molecule has 0 radical (unpaired) electrons. The zero-order valence-corrected chi connectivity index (χ0v) is 19.9. The van der Waals surface area contributed by atoms with Gasteiger partial charge in [-0.05, 0) is 43.5 Å². The number of rotatable bonds is 7. The maximum atomic E-state index is 5.68. The van der Waals surface area contributed by atoms with Gasteiger partial charge in [-0.2, -0.15) is 4.98 Å². The molecule has 2 saturated heterocycles. The fourth-order valence-corrected chi connectivity index (χ4v) is 4.81. The summed E-state index contributed by atoms with van der Waals surface area (Å²) in [6, 6.07) is 15.0. The van der Waals surface area contributed by atoms with Crippen LogP contribution < -0.4 is 19.9 Å². The van der Waals surface area contributed by atoms with Gasteiger partial charge in [0, 0.05) is 69.5 Å². The third-order valence-electron chi connectivity index (χ3n) is 6.85. The monoisotopic (exact) mass is 446 g/mol. The lowest BCUT2D eigenvalue weighted by molar-refractivity contribution is 0.209. The summed E-state index contributed by atoms with van der Waals surface area (Å²) in [5.41, 5.74) is 3.50. The number of piperidine rings is 1. The van der Waals surface area contributed by atoms with Gasteiger partial charge in [0.2, 0.25) is 5.95 Å². The Morgan fingerprint density at radius 2 is 1.79 bits per heavy atom. The molecular formula is C26H34N6O. The molecule has 2 aliphatic heterocycles. The van der Waals surface area contributed by atoms with Gasteiger partial charge in [0.25, 0.3) is 0 Å². The van der Waals surface area contributed by atoms with Crippen molar-refractivity contribution >= 4 is 28.4 Å². The highest BCUT2D eigenvalue weighted by Gasteiger charge is 2.24. The van der Waals surface area contributed by atoms with E-state index in [2.05, 4.69) is 76.6 Å². The second-order valence-electron chi connectivity index (χ2n) is 9.28. The van der Waals surface area contributed by atoms with Crippen LogP contribution in [0.2, 0.25) is 0 Å². The summed E-state index contributed by atoms with van der Waals surface area (Å²) in [5, 5.41) is 4.87. The Bertz CT molecular complexity index is 1110. The van der Waals surface area contributed by atoms with Crippen molar-refractivity contribution in [2.24, 2.45) is 0 Å². The zero-order chi connectivity index (χ0) is 22.8. The van der Waals surface area contributed by atoms with E-state index in [0.717, 1.165) is 74.0 Å². The molecule has 0 amide bonds. The highest BCUT2D eigenvalue weighted by molar-refractivity contribution is 5.90. The van der Waals surface area contributed by atoms with E-state index in [1.807, 2.05) is 0 Å². The summed E-state index contributed by atoms with van der Waals surface area (Å²) in [7, 11) is 5.94. The van der Waals surface area contributed by atoms with Gasteiger partial charge in [-0.3, -0.25) is 4.90 Å². The molecule has 0 aliphatic carbocycles. The molecule has 33 heavy (non-hydrogen) atoms. The van der Waals surface area contributed by atoms with Gasteiger partial charge in [-0.15, -0.1) is 0 Å². The van der Waals surface area contributed by atoms with Crippen molar-refractivity contribution in [3.63, 3.8) is 0 Å². The Morgan fingerprint density at radius 1 is 1.00 bits per heavy atom. The van der Waals surface area contributed by atoms with E-state index < -0.39 is 0 Å². The lowest BCUT2D eigenvalue weighted by Gasteiger charge is -2.34. The van der Waals surface area contributed by atoms with Gasteiger partial charge >= 0.3 is 0 Å². The summed E-state index contributed by atoms with van der Waals surface area (Å²) in [4.78, 5) is 16.7. The van der Waals surface area contributed by atoms with Crippen LogP contribution in [-0.2, 0) is 6.54 Å². The first-order valence-corrected chi connectivity index (χ1v) is 12.0. The third kappa shape index (κ3) is 4.55. The van der Waals surface area contributed by atoms with Crippen molar-refractivity contribution in [1.82, 2.24) is 14.9 Å². The van der Waals surface area contributed by atoms with Crippen molar-refractivity contribution < 1.29 is 4.74 Å². The van der Waals surface area contributed by atoms with Crippen molar-refractivity contribution in [2.75, 3.05) is 62.5 Å². The summed E-state index contributed by atoms with van der Waals surface area (Å²) in [6.07, 6.45) is 3.40. The van der Waals surface area contributed by atoms with Crippen LogP contribution in [0.5, 0.6) is 5.75 Å². The highest BCUT2D eigenvalue weighted by atomic mass is 16.5. The fourth-order valence-electron chi connectivity index (χ4n) is 4.81. The molecule has 1 aromatic heterocycles. The molecule has 0 saturated carbocycles. The second kappa shape index (κ2) is 9.43. The standard InChI is InChI=1S/C26H34N6O/c1-30(2)23-10-6-11-24(33-3)21(23)18-31-16-12-19(13-17-31)27-25-20-8-4-5-9-22(20)28-26(29-25)32-14-7-15-32/h4-6,8-11,19H,7,12-18H2,1-3H3,(H,27,28,29). The lowest BCUT2D eigenvalue weighted by atomic mass is 10.0. The number of benzene rings is 2. The number of methoxy groups -OCH3 is 1. The fraction of sp³-hybridized carbons (Fsp3) is 0.462. The number of fused-ring (bicyclic) bond motifs is 1. The molecule has 7 heteroatoms. The number of hydrogen-bond acceptors (Lipinski definition) is 7. The molecule has 0 unspecified atom stereocenters. The lowest BCUT2D eigenvalue weighted by Crippen LogP contribution is -2.40. The summed E-state index contributed by atoms with van der Waals surface area (Å²) >= 11 is 0. The van der Waals surface area contributed by atoms with Crippen LogP contribution in [0.1, 0.15) is 24.8 Å². The Labute approximate surface area is 196 Å². The maximum Gasteiger partial charge on any atom is 0.227 e. The van der Waals surface area contributed by atoms with Gasteiger partial charge in [0.1, 0.15) is 11.6 Å². The van der Waals surface area contributed by atoms with Crippen LogP contribution in [0.25, 0.3) is 10.9 Å². The minimum Gasteiger partial charge on any atom is -0.496 e. The zero-order valence-electron chi connectivity index (χ0n) is 19.9. The normalized spacial score (nSPS) is 17.1. The molecule has 2 aromatic carbocycles. The van der Waals surface area contributed by atoms with Crippen LogP contribution >= 0.6 is 0 Å². The van der Waals surface area contributed by atoms with Crippen LogP contribution in [-0.4, -0.2) is 68.3 Å². The number of para-hydroxylation sites is 1. The van der Waals surface area contributed by atoms with Crippen LogP contribution in [0.4, 0.5) is 17.5 Å². The number of hydrogen-bond donors (Lipinski definition) is 1. The molecule has 5 rings (SSSR count). The molecule has 0 bridgehead atoms. The van der Waals surface area contributed by atoms with Gasteiger partial charge < -0.3 is 19.9 Å². The molecule has 3 heterocycles. The van der Waals surface area contributed by atoms with Crippen LogP contribution in [0, 0.1) is 0 Å². The first kappa shape index (κ1) is 21.8. The summed E-state index contributed by atoms with van der Waals surface area (Å²) < 4.78 is 5.68. The molecule has 1 N–H and O–H groups in total. The van der Waals surface area contributed by atoms with Crippen LogP contribution in [0.3, 0.4) is 0 Å². The smallest absolute Gasteiger partial charge is 0.227 e. The van der Waals surface area contributed by atoms with E-state index in [0.29, 0.717) is 6.04 Å². The van der Waals surface area contributed by atoms with Crippen molar-refractivity contribution in [1.29, 1.82) is 0 Å². The third-order valence-corrected chi connectivity index (χ3v) is 6.85. The molecule has 3 aromatic rings. The van der Waals surface area contributed by atoms with Crippen LogP contribution in [0.15, 0.2) is 42.5 Å². The number of anilines is 3. The number of nitrogens with one attached hydrogen (secondary N) is 1. The molecule has 0 atom stereocenters. The first-order valence-electron chi connectivity index (χ1n) is 12.0. The van der Waals surface area contributed by atoms with E-state index in [4.69, 9.17) is 14.7 Å². The van der Waals surface area contributed by atoms with Gasteiger partial charge in [0.15, 0.2) is 0 Å². The topological polar surface area (TPSA) is 56.8 Å². The predicted molar refractivity (Wildman–Crippen MR) is 136 cm³/mol. The summed E-state index contributed by atoms with van der Waals surface area (Å²) in [5.74, 6) is 2.79. The van der Waals surface area contributed by atoms with Crippen molar-refractivity contribution in [2.45, 2.75) is 31.8 Å². The number of nitrogens with zero attached hydrogens (tertiary/aromatic N) is 5. The predicted octanol–water partition coefficient (Wildman–Crippen LogP) is 3.99. The van der Waals surface area contributed by atoms with E-state index in [9.17, 15) is 0 Å². The number of ether oxygens (including phenoxy) is 1. The van der Waals surface area contributed by atoms with E-state index in [-0.39, 0.29) is 0 Å². The maximum absolute atomic E-state index is 5.68. The van der Waals surface area contributed by atoms with Crippen molar-refractivity contribution in [3.8, 4) is 5.75 Å². The Kier molecular flexibility index (Phi) is 6.22. The average Bonchev–Trinajstić information content (AvgIpc) is 2.79. The molecule has 2 fully saturated rings. The minimum absolute atomic E-state index is 0.412. The number of likely N-dealkylation sites (tertiary alicyclic amines) is 1. The molecule has 2 aliphatic rings. The largest absolute Gasteiger partial charge is 0.496 e. The SMILES string of the molecule is COc1cccc(N(C)C)c1CN1CCC(Nc2nc(N3CCC3)nc3ccccc23)CC1. The van der Waals surface area contributed by atoms with Gasteiger partial charge in [-0.25, -0.2) is 4.98 Å². The average molecular weight is 447 g/mol. The Morgan fingerprint density at radius 3 is 2.48 bits per heavy atom. The second-order valence-corrected chi connectivity index (χ2v) is 9.28. The molecular weight excluding hydrogens is 412 g/mol. The molecule has 7 nitrogen and oxygen atoms in total. The molecule has 174 valence electrons.